The lowest BCUT2D eigenvalue weighted by molar-refractivity contribution is 0.196. The highest BCUT2D eigenvalue weighted by Gasteiger charge is 2.11. The predicted octanol–water partition coefficient (Wildman–Crippen LogP) is 2.68. The van der Waals surface area contributed by atoms with Crippen LogP contribution < -0.4 is 10.2 Å². The molecule has 1 rings (SSSR count). The molecule has 0 aliphatic carbocycles. The zero-order valence-corrected chi connectivity index (χ0v) is 12.7. The highest BCUT2D eigenvalue weighted by molar-refractivity contribution is 7.15. The molecule has 0 saturated carbocycles. The second-order valence-corrected chi connectivity index (χ2v) is 5.53. The first-order valence-electron chi connectivity index (χ1n) is 6.58. The van der Waals surface area contributed by atoms with Crippen molar-refractivity contribution in [2.45, 2.75) is 32.7 Å². The number of ether oxygens (including phenoxy) is 1. The quantitative estimate of drug-likeness (QED) is 0.701. The molecule has 0 spiro atoms. The van der Waals surface area contributed by atoms with Crippen molar-refractivity contribution in [3.63, 3.8) is 0 Å². The van der Waals surface area contributed by atoms with E-state index in [0.717, 1.165) is 37.7 Å². The Hall–Kier alpha value is -0.650. The molecule has 104 valence electrons. The minimum absolute atomic E-state index is 0.392. The minimum atomic E-state index is 0.392. The summed E-state index contributed by atoms with van der Waals surface area (Å²) in [6.07, 6.45) is 4.18. The van der Waals surface area contributed by atoms with Crippen LogP contribution in [0.2, 0.25) is 0 Å². The SMILES string of the molecule is CCCNC(C)c1cnc(N(C)CCCOC)s1. The molecular formula is C13H25N3OS. The molecule has 0 aliphatic heterocycles. The summed E-state index contributed by atoms with van der Waals surface area (Å²) in [7, 11) is 3.82. The summed E-state index contributed by atoms with van der Waals surface area (Å²) in [5, 5.41) is 4.57. The fourth-order valence-corrected chi connectivity index (χ4v) is 2.59. The Morgan fingerprint density at radius 2 is 2.33 bits per heavy atom. The van der Waals surface area contributed by atoms with Gasteiger partial charge in [0.25, 0.3) is 0 Å². The first kappa shape index (κ1) is 15.4. The molecule has 4 nitrogen and oxygen atoms in total. The fraction of sp³-hybridized carbons (Fsp3) is 0.769. The Bertz CT molecular complexity index is 330. The van der Waals surface area contributed by atoms with Crippen molar-refractivity contribution < 1.29 is 4.74 Å². The summed E-state index contributed by atoms with van der Waals surface area (Å²) >= 11 is 1.77. The molecule has 1 unspecified atom stereocenters. The van der Waals surface area contributed by atoms with Crippen LogP contribution in [0.3, 0.4) is 0 Å². The Labute approximate surface area is 114 Å². The molecule has 1 aromatic heterocycles. The number of anilines is 1. The number of thiazole rings is 1. The molecule has 5 heteroatoms. The highest BCUT2D eigenvalue weighted by atomic mass is 32.1. The van der Waals surface area contributed by atoms with Gasteiger partial charge in [-0.3, -0.25) is 0 Å². The maximum absolute atomic E-state index is 5.06. The standard InChI is InChI=1S/C13H25N3OS/c1-5-7-14-11(2)12-10-15-13(18-12)16(3)8-6-9-17-4/h10-11,14H,5-9H2,1-4H3. The van der Waals surface area contributed by atoms with Gasteiger partial charge in [0.05, 0.1) is 0 Å². The van der Waals surface area contributed by atoms with Gasteiger partial charge in [-0.1, -0.05) is 6.92 Å². The summed E-state index contributed by atoms with van der Waals surface area (Å²) in [4.78, 5) is 7.98. The molecule has 0 bridgehead atoms. The lowest BCUT2D eigenvalue weighted by Gasteiger charge is -2.15. The van der Waals surface area contributed by atoms with Crippen molar-refractivity contribution in [3.05, 3.63) is 11.1 Å². The molecule has 18 heavy (non-hydrogen) atoms. The molecule has 1 aromatic rings. The molecule has 0 saturated heterocycles. The van der Waals surface area contributed by atoms with Crippen LogP contribution in [0.25, 0.3) is 0 Å². The molecule has 1 N–H and O–H groups in total. The Balaban J connectivity index is 2.46. The number of methoxy groups -OCH3 is 1. The van der Waals surface area contributed by atoms with Crippen molar-refractivity contribution in [3.8, 4) is 0 Å². The van der Waals surface area contributed by atoms with Gasteiger partial charge in [0.1, 0.15) is 0 Å². The molecular weight excluding hydrogens is 246 g/mol. The van der Waals surface area contributed by atoms with Crippen molar-refractivity contribution in [2.24, 2.45) is 0 Å². The average molecular weight is 271 g/mol. The number of nitrogens with zero attached hydrogens (tertiary/aromatic N) is 2. The Morgan fingerprint density at radius 3 is 3.00 bits per heavy atom. The average Bonchev–Trinajstić information content (AvgIpc) is 2.85. The summed E-state index contributed by atoms with van der Waals surface area (Å²) < 4.78 is 5.06. The molecule has 0 radical (unpaired) electrons. The van der Waals surface area contributed by atoms with Gasteiger partial charge in [-0.2, -0.15) is 0 Å². The Morgan fingerprint density at radius 1 is 1.56 bits per heavy atom. The fourth-order valence-electron chi connectivity index (χ4n) is 1.66. The van der Waals surface area contributed by atoms with E-state index in [1.54, 1.807) is 18.4 Å². The zero-order valence-electron chi connectivity index (χ0n) is 11.9. The van der Waals surface area contributed by atoms with Gasteiger partial charge in [-0.15, -0.1) is 11.3 Å². The number of rotatable bonds is 9. The minimum Gasteiger partial charge on any atom is -0.385 e. The number of nitrogens with one attached hydrogen (secondary N) is 1. The van der Waals surface area contributed by atoms with Crippen LogP contribution in [0.1, 0.15) is 37.6 Å². The van der Waals surface area contributed by atoms with E-state index in [9.17, 15) is 0 Å². The van der Waals surface area contributed by atoms with Crippen LogP contribution >= 0.6 is 11.3 Å². The van der Waals surface area contributed by atoms with E-state index in [2.05, 4.69) is 36.1 Å². The van der Waals surface area contributed by atoms with Gasteiger partial charge >= 0.3 is 0 Å². The predicted molar refractivity (Wildman–Crippen MR) is 78.6 cm³/mol. The molecule has 1 heterocycles. The van der Waals surface area contributed by atoms with Gasteiger partial charge in [-0.25, -0.2) is 4.98 Å². The lowest BCUT2D eigenvalue weighted by atomic mass is 10.3. The molecule has 1 atom stereocenters. The van der Waals surface area contributed by atoms with Crippen LogP contribution in [0.15, 0.2) is 6.20 Å². The van der Waals surface area contributed by atoms with E-state index in [1.807, 2.05) is 6.20 Å². The van der Waals surface area contributed by atoms with Crippen molar-refractivity contribution in [1.82, 2.24) is 10.3 Å². The summed E-state index contributed by atoms with van der Waals surface area (Å²) in [5.74, 6) is 0. The zero-order chi connectivity index (χ0) is 13.4. The Kier molecular flexibility index (Phi) is 7.23. The molecule has 0 aromatic carbocycles. The first-order valence-corrected chi connectivity index (χ1v) is 7.39. The smallest absolute Gasteiger partial charge is 0.185 e. The van der Waals surface area contributed by atoms with Crippen LogP contribution in [-0.2, 0) is 4.74 Å². The van der Waals surface area contributed by atoms with E-state index in [-0.39, 0.29) is 0 Å². The van der Waals surface area contributed by atoms with Gasteiger partial charge in [-0.05, 0) is 26.3 Å². The third-order valence-electron chi connectivity index (χ3n) is 2.81. The first-order chi connectivity index (χ1) is 8.69. The highest BCUT2D eigenvalue weighted by Crippen LogP contribution is 2.26. The maximum Gasteiger partial charge on any atom is 0.185 e. The summed E-state index contributed by atoms with van der Waals surface area (Å²) in [6.45, 7) is 7.21. The second kappa shape index (κ2) is 8.45. The van der Waals surface area contributed by atoms with Crippen LogP contribution in [0.5, 0.6) is 0 Å². The molecule has 0 aliphatic rings. The van der Waals surface area contributed by atoms with Gasteiger partial charge in [0.15, 0.2) is 5.13 Å². The largest absolute Gasteiger partial charge is 0.385 e. The van der Waals surface area contributed by atoms with Crippen LogP contribution in [0.4, 0.5) is 5.13 Å². The van der Waals surface area contributed by atoms with E-state index >= 15 is 0 Å². The number of hydrogen-bond acceptors (Lipinski definition) is 5. The van der Waals surface area contributed by atoms with Gasteiger partial charge in [0.2, 0.25) is 0 Å². The van der Waals surface area contributed by atoms with E-state index in [0.29, 0.717) is 6.04 Å². The normalized spacial score (nSPS) is 12.7. The van der Waals surface area contributed by atoms with Crippen molar-refractivity contribution >= 4 is 16.5 Å². The van der Waals surface area contributed by atoms with Crippen molar-refractivity contribution in [2.75, 3.05) is 38.8 Å². The monoisotopic (exact) mass is 271 g/mol. The topological polar surface area (TPSA) is 37.4 Å². The molecule has 0 fully saturated rings. The van der Waals surface area contributed by atoms with Crippen LogP contribution in [0, 0.1) is 0 Å². The lowest BCUT2D eigenvalue weighted by Crippen LogP contribution is -2.19. The van der Waals surface area contributed by atoms with Crippen molar-refractivity contribution in [1.29, 1.82) is 0 Å². The number of aromatic nitrogens is 1. The third kappa shape index (κ3) is 4.92. The van der Waals surface area contributed by atoms with E-state index in [4.69, 9.17) is 4.74 Å². The number of hydrogen-bond donors (Lipinski definition) is 1. The van der Waals surface area contributed by atoms with Gasteiger partial charge in [0, 0.05) is 44.4 Å². The van der Waals surface area contributed by atoms with Crippen LogP contribution in [-0.4, -0.2) is 38.8 Å². The second-order valence-electron chi connectivity index (χ2n) is 4.49. The van der Waals surface area contributed by atoms with E-state index in [1.165, 1.54) is 4.88 Å². The maximum atomic E-state index is 5.06. The summed E-state index contributed by atoms with van der Waals surface area (Å²) in [6, 6.07) is 0.392. The third-order valence-corrected chi connectivity index (χ3v) is 4.10. The molecule has 0 amide bonds. The summed E-state index contributed by atoms with van der Waals surface area (Å²) in [5.41, 5.74) is 0. The van der Waals surface area contributed by atoms with E-state index < -0.39 is 0 Å². The van der Waals surface area contributed by atoms with Gasteiger partial charge < -0.3 is 15.0 Å².